The second-order valence-electron chi connectivity index (χ2n) is 4.82. The molecule has 0 unspecified atom stereocenters. The lowest BCUT2D eigenvalue weighted by Crippen LogP contribution is -2.15. The molecule has 0 saturated carbocycles. The smallest absolute Gasteiger partial charge is 0.230 e. The highest BCUT2D eigenvalue weighted by atomic mass is 15.3. The van der Waals surface area contributed by atoms with Crippen LogP contribution in [0.15, 0.2) is 36.4 Å². The zero-order valence-electron chi connectivity index (χ0n) is 12.2. The highest BCUT2D eigenvalue weighted by molar-refractivity contribution is 5.80. The molecule has 2 heterocycles. The van der Waals surface area contributed by atoms with Crippen molar-refractivity contribution < 1.29 is 0 Å². The number of pyridine rings is 1. The van der Waals surface area contributed by atoms with Gasteiger partial charge in [0.1, 0.15) is 5.69 Å². The molecule has 1 aromatic carbocycles. The van der Waals surface area contributed by atoms with Gasteiger partial charge < -0.3 is 10.2 Å². The Hall–Kier alpha value is -2.76. The number of anilines is 2. The highest BCUT2D eigenvalue weighted by Gasteiger charge is 2.10. The molecule has 0 atom stereocenters. The van der Waals surface area contributed by atoms with E-state index in [1.165, 1.54) is 0 Å². The molecule has 21 heavy (non-hydrogen) atoms. The largest absolute Gasteiger partial charge is 0.357 e. The Bertz CT molecular complexity index is 784. The maximum atomic E-state index is 4.62. The van der Waals surface area contributed by atoms with Gasteiger partial charge in [-0.2, -0.15) is 15.0 Å². The maximum absolute atomic E-state index is 4.62. The van der Waals surface area contributed by atoms with Gasteiger partial charge in [0.2, 0.25) is 11.9 Å². The van der Waals surface area contributed by atoms with Crippen LogP contribution in [0.5, 0.6) is 0 Å². The van der Waals surface area contributed by atoms with Crippen LogP contribution < -0.4 is 10.2 Å². The number of aromatic nitrogens is 4. The number of para-hydroxylation sites is 1. The average molecular weight is 280 g/mol. The number of hydrogen-bond acceptors (Lipinski definition) is 6. The van der Waals surface area contributed by atoms with E-state index in [0.29, 0.717) is 17.7 Å². The quantitative estimate of drug-likeness (QED) is 0.793. The van der Waals surface area contributed by atoms with Crippen molar-refractivity contribution in [3.63, 3.8) is 0 Å². The van der Waals surface area contributed by atoms with Crippen molar-refractivity contribution in [1.29, 1.82) is 0 Å². The Morgan fingerprint density at radius 3 is 2.48 bits per heavy atom. The number of benzene rings is 1. The molecule has 0 radical (unpaired) electrons. The minimum Gasteiger partial charge on any atom is -0.357 e. The number of fused-ring (bicyclic) bond motifs is 1. The van der Waals surface area contributed by atoms with Crippen LogP contribution in [0.4, 0.5) is 11.9 Å². The second kappa shape index (κ2) is 5.32. The summed E-state index contributed by atoms with van der Waals surface area (Å²) in [6, 6.07) is 11.9. The first-order valence-corrected chi connectivity index (χ1v) is 6.64. The zero-order chi connectivity index (χ0) is 14.8. The van der Waals surface area contributed by atoms with Crippen molar-refractivity contribution in [2.45, 2.75) is 0 Å². The molecule has 0 spiro atoms. The molecule has 0 aliphatic heterocycles. The van der Waals surface area contributed by atoms with Gasteiger partial charge in [-0.05, 0) is 12.1 Å². The fourth-order valence-corrected chi connectivity index (χ4v) is 1.98. The minimum absolute atomic E-state index is 0.527. The number of nitrogens with zero attached hydrogens (tertiary/aromatic N) is 5. The Balaban J connectivity index is 2.14. The molecule has 0 aliphatic rings. The van der Waals surface area contributed by atoms with Crippen molar-refractivity contribution in [1.82, 2.24) is 19.9 Å². The molecule has 2 aromatic heterocycles. The molecule has 0 aliphatic carbocycles. The fraction of sp³-hybridized carbons (Fsp3) is 0.200. The standard InChI is InChI=1S/C15H16N6/c1-16-14-18-13(19-15(20-14)21(2)3)12-9-8-10-6-4-5-7-11(10)17-12/h4-9H,1-3H3,(H,16,18,19,20). The predicted molar refractivity (Wildman–Crippen MR) is 84.4 cm³/mol. The van der Waals surface area contributed by atoms with Crippen LogP contribution >= 0.6 is 0 Å². The molecule has 3 rings (SSSR count). The van der Waals surface area contributed by atoms with Gasteiger partial charge >= 0.3 is 0 Å². The van der Waals surface area contributed by atoms with E-state index in [1.54, 1.807) is 7.05 Å². The molecule has 6 nitrogen and oxygen atoms in total. The first-order valence-electron chi connectivity index (χ1n) is 6.64. The van der Waals surface area contributed by atoms with Crippen molar-refractivity contribution in [2.75, 3.05) is 31.4 Å². The van der Waals surface area contributed by atoms with Gasteiger partial charge in [-0.3, -0.25) is 0 Å². The van der Waals surface area contributed by atoms with E-state index in [9.17, 15) is 0 Å². The molecule has 0 saturated heterocycles. The van der Waals surface area contributed by atoms with Gasteiger partial charge in [0.15, 0.2) is 5.82 Å². The van der Waals surface area contributed by atoms with Crippen LogP contribution in [0, 0.1) is 0 Å². The van der Waals surface area contributed by atoms with Crippen molar-refractivity contribution >= 4 is 22.8 Å². The normalized spacial score (nSPS) is 10.6. The van der Waals surface area contributed by atoms with E-state index < -0.39 is 0 Å². The molecule has 3 aromatic rings. The monoisotopic (exact) mass is 280 g/mol. The summed E-state index contributed by atoms with van der Waals surface area (Å²) in [4.78, 5) is 19.6. The van der Waals surface area contributed by atoms with Crippen LogP contribution in [0.1, 0.15) is 0 Å². The average Bonchev–Trinajstić information content (AvgIpc) is 2.53. The SMILES string of the molecule is CNc1nc(-c2ccc3ccccc3n2)nc(N(C)C)n1. The lowest BCUT2D eigenvalue weighted by atomic mass is 10.2. The van der Waals surface area contributed by atoms with Crippen LogP contribution in [0.2, 0.25) is 0 Å². The Morgan fingerprint density at radius 1 is 0.905 bits per heavy atom. The summed E-state index contributed by atoms with van der Waals surface area (Å²) >= 11 is 0. The summed E-state index contributed by atoms with van der Waals surface area (Å²) in [5, 5.41) is 4.05. The van der Waals surface area contributed by atoms with Crippen molar-refractivity contribution in [2.24, 2.45) is 0 Å². The Morgan fingerprint density at radius 2 is 1.71 bits per heavy atom. The van der Waals surface area contributed by atoms with Gasteiger partial charge in [0.25, 0.3) is 0 Å². The number of rotatable bonds is 3. The molecule has 1 N–H and O–H groups in total. The van der Waals surface area contributed by atoms with Gasteiger partial charge in [-0.1, -0.05) is 24.3 Å². The molecule has 6 heteroatoms. The van der Waals surface area contributed by atoms with E-state index in [1.807, 2.05) is 55.4 Å². The maximum Gasteiger partial charge on any atom is 0.230 e. The second-order valence-corrected chi connectivity index (χ2v) is 4.82. The van der Waals surface area contributed by atoms with E-state index >= 15 is 0 Å². The van der Waals surface area contributed by atoms with Gasteiger partial charge in [0.05, 0.1) is 5.52 Å². The van der Waals surface area contributed by atoms with Gasteiger partial charge in [-0.15, -0.1) is 0 Å². The number of nitrogens with one attached hydrogen (secondary N) is 1. The van der Waals surface area contributed by atoms with E-state index in [2.05, 4.69) is 25.3 Å². The lowest BCUT2D eigenvalue weighted by molar-refractivity contribution is 0.960. The predicted octanol–water partition coefficient (Wildman–Crippen LogP) is 2.19. The summed E-state index contributed by atoms with van der Waals surface area (Å²) in [7, 11) is 5.57. The van der Waals surface area contributed by atoms with Gasteiger partial charge in [0, 0.05) is 26.5 Å². The minimum atomic E-state index is 0.527. The molecular weight excluding hydrogens is 264 g/mol. The lowest BCUT2D eigenvalue weighted by Gasteiger charge is -2.12. The van der Waals surface area contributed by atoms with Crippen LogP contribution in [-0.4, -0.2) is 41.1 Å². The first-order chi connectivity index (χ1) is 10.2. The third-order valence-electron chi connectivity index (χ3n) is 3.07. The van der Waals surface area contributed by atoms with E-state index in [0.717, 1.165) is 16.6 Å². The first kappa shape index (κ1) is 13.2. The summed E-state index contributed by atoms with van der Waals surface area (Å²) in [6.45, 7) is 0. The molecular formula is C15H16N6. The topological polar surface area (TPSA) is 66.8 Å². The molecule has 106 valence electrons. The van der Waals surface area contributed by atoms with E-state index in [4.69, 9.17) is 0 Å². The molecule has 0 fully saturated rings. The Kier molecular flexibility index (Phi) is 3.35. The highest BCUT2D eigenvalue weighted by Crippen LogP contribution is 2.20. The van der Waals surface area contributed by atoms with Crippen molar-refractivity contribution in [3.8, 4) is 11.5 Å². The third-order valence-corrected chi connectivity index (χ3v) is 3.07. The van der Waals surface area contributed by atoms with Crippen LogP contribution in [0.3, 0.4) is 0 Å². The fourth-order valence-electron chi connectivity index (χ4n) is 1.98. The van der Waals surface area contributed by atoms with Crippen LogP contribution in [0.25, 0.3) is 22.4 Å². The molecule has 0 amide bonds. The summed E-state index contributed by atoms with van der Waals surface area (Å²) in [5.41, 5.74) is 1.66. The van der Waals surface area contributed by atoms with E-state index in [-0.39, 0.29) is 0 Å². The Labute approximate surface area is 122 Å². The summed E-state index contributed by atoms with van der Waals surface area (Å²) < 4.78 is 0. The summed E-state index contributed by atoms with van der Waals surface area (Å²) in [6.07, 6.45) is 0. The summed E-state index contributed by atoms with van der Waals surface area (Å²) in [5.74, 6) is 1.68. The van der Waals surface area contributed by atoms with Gasteiger partial charge in [-0.25, -0.2) is 4.98 Å². The van der Waals surface area contributed by atoms with Crippen LogP contribution in [-0.2, 0) is 0 Å². The molecule has 0 bridgehead atoms. The zero-order valence-corrected chi connectivity index (χ0v) is 12.2. The third kappa shape index (κ3) is 2.60. The number of hydrogen-bond donors (Lipinski definition) is 1. The van der Waals surface area contributed by atoms with Crippen molar-refractivity contribution in [3.05, 3.63) is 36.4 Å².